The number of hydrogen-bond donors (Lipinski definition) is 0. The Morgan fingerprint density at radius 2 is 1.86 bits per heavy atom. The highest BCUT2D eigenvalue weighted by atomic mass is 79.9. The Bertz CT molecular complexity index is 359. The molecule has 1 aromatic carbocycles. The Balaban J connectivity index is 2.90. The van der Waals surface area contributed by atoms with Crippen LogP contribution in [0.4, 0.5) is 0 Å². The average molecular weight is 275 g/mol. The molecule has 0 aromatic heterocycles. The van der Waals surface area contributed by atoms with E-state index >= 15 is 0 Å². The minimum atomic E-state index is -1.11. The van der Waals surface area contributed by atoms with Crippen molar-refractivity contribution in [3.63, 3.8) is 0 Å². The van der Waals surface area contributed by atoms with E-state index in [2.05, 4.69) is 15.9 Å². The Morgan fingerprint density at radius 3 is 2.29 bits per heavy atom. The van der Waals surface area contributed by atoms with Gasteiger partial charge in [0.25, 0.3) is 0 Å². The number of carbonyl (C=O) groups is 1. The third-order valence-corrected chi connectivity index (χ3v) is 3.73. The van der Waals surface area contributed by atoms with Crippen LogP contribution in [0.25, 0.3) is 0 Å². The van der Waals surface area contributed by atoms with Crippen molar-refractivity contribution in [1.82, 2.24) is 0 Å². The van der Waals surface area contributed by atoms with Gasteiger partial charge in [-0.1, -0.05) is 28.1 Å². The molecule has 0 aliphatic heterocycles. The average Bonchev–Trinajstić information content (AvgIpc) is 2.16. The van der Waals surface area contributed by atoms with Gasteiger partial charge in [-0.25, -0.2) is 0 Å². The minimum absolute atomic E-state index is 0.0710. The molecule has 14 heavy (non-hydrogen) atoms. The van der Waals surface area contributed by atoms with Crippen molar-refractivity contribution >= 4 is 32.5 Å². The molecule has 0 saturated carbocycles. The van der Waals surface area contributed by atoms with Gasteiger partial charge >= 0.3 is 0 Å². The van der Waals surface area contributed by atoms with Gasteiger partial charge in [-0.05, 0) is 19.1 Å². The van der Waals surface area contributed by atoms with E-state index < -0.39 is 16.0 Å². The lowest BCUT2D eigenvalue weighted by molar-refractivity contribution is 0.0993. The van der Waals surface area contributed by atoms with Gasteiger partial charge < -0.3 is 0 Å². The second-order valence-electron chi connectivity index (χ2n) is 3.01. The van der Waals surface area contributed by atoms with Gasteiger partial charge in [0.2, 0.25) is 0 Å². The van der Waals surface area contributed by atoms with Gasteiger partial charge in [0.1, 0.15) is 0 Å². The molecule has 0 bridgehead atoms. The SMILES string of the molecule is CC(C(=O)c1ccc(Br)cc1)S(C)=O. The van der Waals surface area contributed by atoms with E-state index in [0.29, 0.717) is 5.56 Å². The van der Waals surface area contributed by atoms with Crippen LogP contribution in [-0.4, -0.2) is 21.5 Å². The minimum Gasteiger partial charge on any atom is -0.293 e. The third-order valence-electron chi connectivity index (χ3n) is 2.00. The third kappa shape index (κ3) is 2.75. The van der Waals surface area contributed by atoms with Crippen LogP contribution in [0.2, 0.25) is 0 Å². The van der Waals surface area contributed by atoms with Crippen LogP contribution in [0.3, 0.4) is 0 Å². The second-order valence-corrected chi connectivity index (χ2v) is 5.63. The fourth-order valence-corrected chi connectivity index (χ4v) is 1.70. The smallest absolute Gasteiger partial charge is 0.178 e. The highest BCUT2D eigenvalue weighted by molar-refractivity contribution is 9.10. The van der Waals surface area contributed by atoms with Crippen molar-refractivity contribution in [2.75, 3.05) is 6.26 Å². The Labute approximate surface area is 94.3 Å². The van der Waals surface area contributed by atoms with E-state index in [1.165, 1.54) is 0 Å². The van der Waals surface area contributed by atoms with Crippen molar-refractivity contribution in [2.24, 2.45) is 0 Å². The number of hydrogen-bond acceptors (Lipinski definition) is 2. The monoisotopic (exact) mass is 274 g/mol. The van der Waals surface area contributed by atoms with E-state index in [1.807, 2.05) is 0 Å². The topological polar surface area (TPSA) is 34.1 Å². The van der Waals surface area contributed by atoms with Crippen molar-refractivity contribution in [1.29, 1.82) is 0 Å². The Kier molecular flexibility index (Phi) is 4.01. The summed E-state index contributed by atoms with van der Waals surface area (Å²) < 4.78 is 12.0. The largest absolute Gasteiger partial charge is 0.293 e. The Morgan fingerprint density at radius 1 is 1.36 bits per heavy atom. The molecule has 4 heteroatoms. The zero-order chi connectivity index (χ0) is 10.7. The van der Waals surface area contributed by atoms with Gasteiger partial charge in [0.15, 0.2) is 5.78 Å². The second kappa shape index (κ2) is 4.84. The summed E-state index contributed by atoms with van der Waals surface area (Å²) in [5.41, 5.74) is 0.607. The van der Waals surface area contributed by atoms with Crippen molar-refractivity contribution in [3.05, 3.63) is 34.3 Å². The lowest BCUT2D eigenvalue weighted by atomic mass is 10.1. The summed E-state index contributed by atoms with van der Waals surface area (Å²) in [6.07, 6.45) is 1.54. The number of rotatable bonds is 3. The van der Waals surface area contributed by atoms with Crippen LogP contribution >= 0.6 is 15.9 Å². The zero-order valence-corrected chi connectivity index (χ0v) is 10.4. The summed E-state index contributed by atoms with van der Waals surface area (Å²) in [7, 11) is -1.11. The van der Waals surface area contributed by atoms with E-state index in [4.69, 9.17) is 0 Å². The molecule has 0 aliphatic rings. The van der Waals surface area contributed by atoms with E-state index in [0.717, 1.165) is 4.47 Å². The summed E-state index contributed by atoms with van der Waals surface area (Å²) in [6.45, 7) is 1.68. The summed E-state index contributed by atoms with van der Waals surface area (Å²) >= 11 is 3.29. The van der Waals surface area contributed by atoms with Crippen LogP contribution in [0.5, 0.6) is 0 Å². The maximum Gasteiger partial charge on any atom is 0.178 e. The first-order valence-corrected chi connectivity index (χ1v) is 6.56. The molecule has 0 radical (unpaired) electrons. The van der Waals surface area contributed by atoms with E-state index in [1.54, 1.807) is 37.4 Å². The highest BCUT2D eigenvalue weighted by Crippen LogP contribution is 2.13. The molecule has 0 saturated heterocycles. The maximum absolute atomic E-state index is 11.7. The van der Waals surface area contributed by atoms with Crippen LogP contribution in [-0.2, 0) is 10.8 Å². The van der Waals surface area contributed by atoms with Crippen molar-refractivity contribution in [3.8, 4) is 0 Å². The molecule has 0 heterocycles. The number of Topliss-reactive ketones (excluding diaryl/α,β-unsaturated/α-hetero) is 1. The predicted molar refractivity (Wildman–Crippen MR) is 62.0 cm³/mol. The van der Waals surface area contributed by atoms with Crippen LogP contribution < -0.4 is 0 Å². The molecule has 1 aromatic rings. The number of benzene rings is 1. The van der Waals surface area contributed by atoms with Gasteiger partial charge in [-0.3, -0.25) is 9.00 Å². The quantitative estimate of drug-likeness (QED) is 0.794. The number of halogens is 1. The van der Waals surface area contributed by atoms with E-state index in [9.17, 15) is 9.00 Å². The van der Waals surface area contributed by atoms with Crippen LogP contribution in [0.1, 0.15) is 17.3 Å². The first-order valence-electron chi connectivity index (χ1n) is 4.14. The summed E-state index contributed by atoms with van der Waals surface area (Å²) in [4.78, 5) is 11.7. The fraction of sp³-hybridized carbons (Fsp3) is 0.300. The first-order chi connectivity index (χ1) is 6.52. The van der Waals surface area contributed by atoms with Gasteiger partial charge in [-0.15, -0.1) is 0 Å². The molecule has 0 aliphatic carbocycles. The molecule has 2 unspecified atom stereocenters. The van der Waals surface area contributed by atoms with Crippen molar-refractivity contribution in [2.45, 2.75) is 12.2 Å². The molecule has 2 atom stereocenters. The molecule has 2 nitrogen and oxygen atoms in total. The Hall–Kier alpha value is -0.480. The molecular weight excluding hydrogens is 264 g/mol. The predicted octanol–water partition coefficient (Wildman–Crippen LogP) is 2.40. The van der Waals surface area contributed by atoms with E-state index in [-0.39, 0.29) is 5.78 Å². The number of ketones is 1. The summed E-state index contributed by atoms with van der Waals surface area (Å²) in [5.74, 6) is -0.0710. The molecule has 0 amide bonds. The normalized spacial score (nSPS) is 14.8. The maximum atomic E-state index is 11.7. The van der Waals surface area contributed by atoms with Gasteiger partial charge in [-0.2, -0.15) is 0 Å². The summed E-state index contributed by atoms with van der Waals surface area (Å²) in [6, 6.07) is 7.07. The highest BCUT2D eigenvalue weighted by Gasteiger charge is 2.17. The molecule has 1 rings (SSSR count). The standard InChI is InChI=1S/C10H11BrO2S/c1-7(14(2)13)10(12)8-3-5-9(11)6-4-8/h3-7H,1-2H3. The van der Waals surface area contributed by atoms with Gasteiger partial charge in [0, 0.05) is 27.1 Å². The summed E-state index contributed by atoms with van der Waals surface area (Å²) in [5, 5.41) is -0.434. The molecule has 0 N–H and O–H groups in total. The molecule has 0 fully saturated rings. The lowest BCUT2D eigenvalue weighted by Gasteiger charge is -2.06. The fourth-order valence-electron chi connectivity index (χ4n) is 1.000. The molecular formula is C10H11BrO2S. The van der Waals surface area contributed by atoms with Crippen LogP contribution in [0.15, 0.2) is 28.7 Å². The number of carbonyl (C=O) groups excluding carboxylic acids is 1. The molecule has 76 valence electrons. The van der Waals surface area contributed by atoms with Crippen molar-refractivity contribution < 1.29 is 9.00 Å². The lowest BCUT2D eigenvalue weighted by Crippen LogP contribution is -2.21. The van der Waals surface area contributed by atoms with Crippen LogP contribution in [0, 0.1) is 0 Å². The zero-order valence-electron chi connectivity index (χ0n) is 7.99. The van der Waals surface area contributed by atoms with Gasteiger partial charge in [0.05, 0.1) is 5.25 Å². The molecule has 0 spiro atoms. The first kappa shape index (κ1) is 11.6.